The SMILES string of the molecule is COC[C-]1O[C@@H](C)CC1O.[W]. The summed E-state index contributed by atoms with van der Waals surface area (Å²) in [4.78, 5) is 0. The summed E-state index contributed by atoms with van der Waals surface area (Å²) in [6.45, 7) is 2.34. The van der Waals surface area contributed by atoms with Gasteiger partial charge in [-0.3, -0.25) is 0 Å². The fourth-order valence-corrected chi connectivity index (χ4v) is 1.10. The van der Waals surface area contributed by atoms with Crippen molar-refractivity contribution in [3.8, 4) is 0 Å². The zero-order valence-corrected chi connectivity index (χ0v) is 9.67. The molecule has 3 nitrogen and oxygen atoms in total. The Morgan fingerprint density at radius 3 is 2.73 bits per heavy atom. The van der Waals surface area contributed by atoms with Crippen LogP contribution in [0, 0.1) is 6.10 Å². The summed E-state index contributed by atoms with van der Waals surface area (Å²) in [5.41, 5.74) is 0. The molecule has 0 spiro atoms. The topological polar surface area (TPSA) is 38.7 Å². The first-order chi connectivity index (χ1) is 4.74. The van der Waals surface area contributed by atoms with E-state index in [9.17, 15) is 5.11 Å². The Labute approximate surface area is 81.3 Å². The Hall–Kier alpha value is 0.568. The predicted octanol–water partition coefficient (Wildman–Crippen LogP) is 0.332. The molecule has 1 aliphatic rings. The molecule has 0 radical (unpaired) electrons. The molecule has 0 amide bonds. The molecular formula is C7H13O3W-. The van der Waals surface area contributed by atoms with Gasteiger partial charge in [0.15, 0.2) is 0 Å². The molecule has 1 unspecified atom stereocenters. The van der Waals surface area contributed by atoms with Gasteiger partial charge in [-0.25, -0.2) is 0 Å². The van der Waals surface area contributed by atoms with E-state index in [2.05, 4.69) is 0 Å². The molecule has 1 heterocycles. The summed E-state index contributed by atoms with van der Waals surface area (Å²) in [5.74, 6) is 0. The smallest absolute Gasteiger partial charge is 0.0320 e. The third-order valence-electron chi connectivity index (χ3n) is 1.57. The number of rotatable bonds is 2. The fraction of sp³-hybridized carbons (Fsp3) is 0.857. The maximum absolute atomic E-state index is 9.25. The number of hydrogen-bond donors (Lipinski definition) is 1. The van der Waals surface area contributed by atoms with Crippen LogP contribution in [0.5, 0.6) is 0 Å². The van der Waals surface area contributed by atoms with Gasteiger partial charge in [-0.2, -0.15) is 0 Å². The summed E-state index contributed by atoms with van der Waals surface area (Å²) in [6.07, 6.45) is 1.07. The first-order valence-corrected chi connectivity index (χ1v) is 3.43. The number of aliphatic hydroxyl groups is 1. The van der Waals surface area contributed by atoms with Gasteiger partial charge >= 0.3 is 0 Å². The van der Waals surface area contributed by atoms with E-state index in [0.717, 1.165) is 0 Å². The molecular weight excluding hydrogens is 316 g/mol. The van der Waals surface area contributed by atoms with Gasteiger partial charge in [0, 0.05) is 34.3 Å². The Balaban J connectivity index is 0.000001000. The zero-order chi connectivity index (χ0) is 7.56. The summed E-state index contributed by atoms with van der Waals surface area (Å²) in [5, 5.41) is 9.25. The van der Waals surface area contributed by atoms with Crippen LogP contribution >= 0.6 is 0 Å². The van der Waals surface area contributed by atoms with Crippen molar-refractivity contribution < 1.29 is 35.6 Å². The Morgan fingerprint density at radius 2 is 2.36 bits per heavy atom. The van der Waals surface area contributed by atoms with Crippen molar-refractivity contribution in [3.05, 3.63) is 6.10 Å². The number of aliphatic hydroxyl groups excluding tert-OH is 1. The van der Waals surface area contributed by atoms with Crippen molar-refractivity contribution in [2.24, 2.45) is 0 Å². The van der Waals surface area contributed by atoms with Crippen molar-refractivity contribution in [1.82, 2.24) is 0 Å². The molecule has 0 aromatic carbocycles. The van der Waals surface area contributed by atoms with E-state index in [1.807, 2.05) is 6.92 Å². The number of hydrogen-bond acceptors (Lipinski definition) is 3. The van der Waals surface area contributed by atoms with Gasteiger partial charge in [-0.1, -0.05) is 0 Å². The third-order valence-corrected chi connectivity index (χ3v) is 1.57. The summed E-state index contributed by atoms with van der Waals surface area (Å²) in [6, 6.07) is 0. The monoisotopic (exact) mass is 329 g/mol. The Kier molecular flexibility index (Phi) is 5.53. The minimum atomic E-state index is -0.421. The fourth-order valence-electron chi connectivity index (χ4n) is 1.10. The minimum Gasteiger partial charge on any atom is -0.542 e. The molecule has 0 aromatic heterocycles. The minimum absolute atomic E-state index is 0. The molecule has 1 N–H and O–H groups in total. The van der Waals surface area contributed by atoms with Crippen LogP contribution in [0.25, 0.3) is 0 Å². The van der Waals surface area contributed by atoms with Gasteiger partial charge in [0.2, 0.25) is 0 Å². The molecule has 0 aliphatic carbocycles. The van der Waals surface area contributed by atoms with E-state index in [0.29, 0.717) is 19.1 Å². The van der Waals surface area contributed by atoms with E-state index in [1.165, 1.54) is 0 Å². The second-order valence-corrected chi connectivity index (χ2v) is 2.58. The molecule has 0 aromatic rings. The molecule has 0 saturated carbocycles. The van der Waals surface area contributed by atoms with Crippen LogP contribution in [0.4, 0.5) is 0 Å². The van der Waals surface area contributed by atoms with Crippen LogP contribution in [-0.2, 0) is 30.5 Å². The molecule has 0 bridgehead atoms. The van der Waals surface area contributed by atoms with Crippen molar-refractivity contribution in [2.45, 2.75) is 25.6 Å². The number of methoxy groups -OCH3 is 1. The molecule has 4 heteroatoms. The second-order valence-electron chi connectivity index (χ2n) is 2.58. The van der Waals surface area contributed by atoms with Gasteiger partial charge < -0.3 is 14.6 Å². The van der Waals surface area contributed by atoms with E-state index in [4.69, 9.17) is 9.47 Å². The van der Waals surface area contributed by atoms with Gasteiger partial charge in [0.05, 0.1) is 0 Å². The van der Waals surface area contributed by atoms with Crippen molar-refractivity contribution in [2.75, 3.05) is 13.7 Å². The third kappa shape index (κ3) is 3.20. The van der Waals surface area contributed by atoms with Crippen molar-refractivity contribution in [1.29, 1.82) is 0 Å². The van der Waals surface area contributed by atoms with E-state index in [-0.39, 0.29) is 27.2 Å². The summed E-state index contributed by atoms with van der Waals surface area (Å²) < 4.78 is 10.1. The molecule has 1 fully saturated rings. The van der Waals surface area contributed by atoms with Crippen LogP contribution < -0.4 is 0 Å². The van der Waals surface area contributed by atoms with Gasteiger partial charge in [0.1, 0.15) is 0 Å². The average molecular weight is 329 g/mol. The molecule has 66 valence electrons. The second kappa shape index (κ2) is 5.26. The van der Waals surface area contributed by atoms with Crippen molar-refractivity contribution >= 4 is 0 Å². The summed E-state index contributed by atoms with van der Waals surface area (Å²) >= 11 is 0. The van der Waals surface area contributed by atoms with Gasteiger partial charge in [-0.15, -0.1) is 6.10 Å². The van der Waals surface area contributed by atoms with Gasteiger partial charge in [0.25, 0.3) is 0 Å². The molecule has 2 atom stereocenters. The van der Waals surface area contributed by atoms with E-state index >= 15 is 0 Å². The van der Waals surface area contributed by atoms with Crippen LogP contribution in [0.2, 0.25) is 0 Å². The normalized spacial score (nSPS) is 31.9. The van der Waals surface area contributed by atoms with Crippen LogP contribution in [0.15, 0.2) is 0 Å². The standard InChI is InChI=1S/C7H13O3.W/c1-5-3-6(8)7(10-5)4-9-2;/h5-6,8H,3-4H2,1-2H3;/q-1;/t5-,6?;/m0./s1. The Morgan fingerprint density at radius 1 is 1.73 bits per heavy atom. The maximum Gasteiger partial charge on any atom is 0.0320 e. The predicted molar refractivity (Wildman–Crippen MR) is 36.3 cm³/mol. The quantitative estimate of drug-likeness (QED) is 0.743. The Bertz CT molecular complexity index is 110. The van der Waals surface area contributed by atoms with Crippen LogP contribution in [0.3, 0.4) is 0 Å². The first-order valence-electron chi connectivity index (χ1n) is 3.43. The zero-order valence-electron chi connectivity index (χ0n) is 6.74. The van der Waals surface area contributed by atoms with Crippen molar-refractivity contribution in [3.63, 3.8) is 0 Å². The van der Waals surface area contributed by atoms with Crippen LogP contribution in [-0.4, -0.2) is 31.0 Å². The molecule has 1 saturated heterocycles. The number of ether oxygens (including phenoxy) is 2. The van der Waals surface area contributed by atoms with Gasteiger partial charge in [-0.05, 0) is 26.1 Å². The summed E-state index contributed by atoms with van der Waals surface area (Å²) in [7, 11) is 1.59. The van der Waals surface area contributed by atoms with Crippen LogP contribution in [0.1, 0.15) is 13.3 Å². The maximum atomic E-state index is 9.25. The van der Waals surface area contributed by atoms with E-state index in [1.54, 1.807) is 7.11 Å². The molecule has 11 heavy (non-hydrogen) atoms. The first kappa shape index (κ1) is 11.6. The molecule has 1 aliphatic heterocycles. The largest absolute Gasteiger partial charge is 0.542 e. The molecule has 1 rings (SSSR count). The average Bonchev–Trinajstić information content (AvgIpc) is 2.13. The van der Waals surface area contributed by atoms with E-state index < -0.39 is 6.10 Å².